The quantitative estimate of drug-likeness (QED) is 0.161. The summed E-state index contributed by atoms with van der Waals surface area (Å²) in [6.07, 6.45) is 0. The molecule has 6 rings (SSSR count). The number of phenolic OH excluding ortho intramolecular Hbond substituents is 4. The number of aromatic hydroxyl groups is 4. The minimum Gasteiger partial charge on any atom is -0.504 e. The second-order valence-electron chi connectivity index (χ2n) is 7.74. The van der Waals surface area contributed by atoms with E-state index in [1.165, 1.54) is 6.07 Å². The summed E-state index contributed by atoms with van der Waals surface area (Å²) in [5, 5.41) is 46.0. The number of hydrogen-bond donors (Lipinski definition) is 4. The Balaban J connectivity index is 0.000000135. The zero-order valence-corrected chi connectivity index (χ0v) is 17.0. The summed E-state index contributed by atoms with van der Waals surface area (Å²) in [7, 11) is 0. The predicted octanol–water partition coefficient (Wildman–Crippen LogP) is 6.81. The molecule has 0 spiro atoms. The third-order valence-corrected chi connectivity index (χ3v) is 5.63. The molecular weight excluding hydrogens is 400 g/mol. The van der Waals surface area contributed by atoms with Gasteiger partial charge >= 0.3 is 0 Å². The number of benzene rings is 6. The summed E-state index contributed by atoms with van der Waals surface area (Å²) < 4.78 is 0. The van der Waals surface area contributed by atoms with Crippen molar-refractivity contribution in [3.8, 4) is 23.0 Å². The van der Waals surface area contributed by atoms with Crippen molar-refractivity contribution in [2.45, 2.75) is 0 Å². The highest BCUT2D eigenvalue weighted by atomic mass is 16.3. The summed E-state index contributed by atoms with van der Waals surface area (Å²) in [6, 6.07) is 30.3. The molecule has 0 fully saturated rings. The lowest BCUT2D eigenvalue weighted by atomic mass is 10.0. The zero-order valence-electron chi connectivity index (χ0n) is 17.0. The summed E-state index contributed by atoms with van der Waals surface area (Å²) in [5.41, 5.74) is 0. The summed E-state index contributed by atoms with van der Waals surface area (Å²) >= 11 is 0. The minimum atomic E-state index is -0.0808. The number of rotatable bonds is 0. The third kappa shape index (κ3) is 3.48. The van der Waals surface area contributed by atoms with E-state index in [4.69, 9.17) is 0 Å². The fourth-order valence-electron chi connectivity index (χ4n) is 3.95. The van der Waals surface area contributed by atoms with Crippen molar-refractivity contribution in [1.29, 1.82) is 0 Å². The largest absolute Gasteiger partial charge is 0.504 e. The maximum atomic E-state index is 9.77. The van der Waals surface area contributed by atoms with E-state index in [0.717, 1.165) is 37.7 Å². The molecule has 0 heterocycles. The first-order valence-corrected chi connectivity index (χ1v) is 10.2. The summed E-state index contributed by atoms with van der Waals surface area (Å²) in [5.74, 6) is -0.295. The average Bonchev–Trinajstić information content (AvgIpc) is 2.81. The van der Waals surface area contributed by atoms with Gasteiger partial charge in [0, 0.05) is 5.39 Å². The molecule has 32 heavy (non-hydrogen) atoms. The van der Waals surface area contributed by atoms with E-state index >= 15 is 0 Å². The van der Waals surface area contributed by atoms with Gasteiger partial charge in [-0.2, -0.15) is 0 Å². The van der Waals surface area contributed by atoms with Crippen LogP contribution in [-0.4, -0.2) is 20.4 Å². The third-order valence-electron chi connectivity index (χ3n) is 5.63. The van der Waals surface area contributed by atoms with Gasteiger partial charge in [-0.05, 0) is 80.2 Å². The van der Waals surface area contributed by atoms with Crippen LogP contribution in [0.5, 0.6) is 23.0 Å². The Bertz CT molecular complexity index is 1540. The van der Waals surface area contributed by atoms with E-state index < -0.39 is 0 Å². The molecule has 6 aromatic carbocycles. The highest BCUT2D eigenvalue weighted by Gasteiger charge is 2.06. The zero-order chi connectivity index (χ0) is 22.2. The molecule has 0 aromatic heterocycles. The monoisotopic (exact) mass is 420 g/mol. The van der Waals surface area contributed by atoms with Gasteiger partial charge in [-0.3, -0.25) is 0 Å². The van der Waals surface area contributed by atoms with Gasteiger partial charge in [0.2, 0.25) is 0 Å². The van der Waals surface area contributed by atoms with Crippen LogP contribution >= 0.6 is 0 Å². The highest BCUT2D eigenvalue weighted by Crippen LogP contribution is 2.35. The van der Waals surface area contributed by atoms with Crippen LogP contribution in [0.25, 0.3) is 43.1 Å². The molecule has 156 valence electrons. The molecule has 6 aromatic rings. The van der Waals surface area contributed by atoms with Gasteiger partial charge in [0.25, 0.3) is 0 Å². The van der Waals surface area contributed by atoms with Crippen LogP contribution in [-0.2, 0) is 0 Å². The van der Waals surface area contributed by atoms with Crippen LogP contribution in [0.15, 0.2) is 97.1 Å². The molecule has 4 N–H and O–H groups in total. The van der Waals surface area contributed by atoms with Crippen LogP contribution in [0.4, 0.5) is 0 Å². The smallest absolute Gasteiger partial charge is 0.165 e. The lowest BCUT2D eigenvalue weighted by molar-refractivity contribution is 0.405. The standard InChI is InChI=1S/2C14H10O2/c15-13-7-11-5-9-3-1-2-4-10(9)6-12(11)8-14(13)16;15-13-6-5-11-7-9-3-1-2-4-10(9)8-12(11)14(13)16/h2*1-8,15-16H. The van der Waals surface area contributed by atoms with Crippen LogP contribution in [0, 0.1) is 0 Å². The summed E-state index contributed by atoms with van der Waals surface area (Å²) in [4.78, 5) is 0. The Morgan fingerprint density at radius 3 is 1.28 bits per heavy atom. The van der Waals surface area contributed by atoms with Gasteiger partial charge in [-0.15, -0.1) is 0 Å². The molecule has 0 saturated carbocycles. The van der Waals surface area contributed by atoms with E-state index in [1.54, 1.807) is 18.2 Å². The fourth-order valence-corrected chi connectivity index (χ4v) is 3.95. The van der Waals surface area contributed by atoms with Crippen LogP contribution < -0.4 is 0 Å². The van der Waals surface area contributed by atoms with E-state index in [2.05, 4.69) is 0 Å². The first-order chi connectivity index (χ1) is 15.5. The first kappa shape index (κ1) is 19.5. The molecule has 0 radical (unpaired) electrons. The van der Waals surface area contributed by atoms with Crippen molar-refractivity contribution in [3.05, 3.63) is 97.1 Å². The molecule has 0 bridgehead atoms. The lowest BCUT2D eigenvalue weighted by Crippen LogP contribution is -1.77. The van der Waals surface area contributed by atoms with Crippen molar-refractivity contribution in [2.24, 2.45) is 0 Å². The van der Waals surface area contributed by atoms with E-state index in [0.29, 0.717) is 5.39 Å². The van der Waals surface area contributed by atoms with Crippen LogP contribution in [0.3, 0.4) is 0 Å². The van der Waals surface area contributed by atoms with E-state index in [-0.39, 0.29) is 23.0 Å². The normalized spacial score (nSPS) is 11.0. The van der Waals surface area contributed by atoms with Gasteiger partial charge < -0.3 is 20.4 Å². The Kier molecular flexibility index (Phi) is 4.68. The van der Waals surface area contributed by atoms with Crippen molar-refractivity contribution in [2.75, 3.05) is 0 Å². The van der Waals surface area contributed by atoms with Gasteiger partial charge in [0.05, 0.1) is 0 Å². The van der Waals surface area contributed by atoms with Crippen molar-refractivity contribution in [3.63, 3.8) is 0 Å². The maximum Gasteiger partial charge on any atom is 0.165 e. The molecule has 0 atom stereocenters. The lowest BCUT2D eigenvalue weighted by Gasteiger charge is -2.05. The molecule has 0 amide bonds. The molecule has 0 aliphatic heterocycles. The van der Waals surface area contributed by atoms with E-state index in [1.807, 2.05) is 72.8 Å². The maximum absolute atomic E-state index is 9.77. The molecule has 0 saturated heterocycles. The number of hydrogen-bond acceptors (Lipinski definition) is 4. The molecule has 0 aliphatic carbocycles. The number of fused-ring (bicyclic) bond motifs is 4. The topological polar surface area (TPSA) is 80.9 Å². The molecular formula is C28H20O4. The fraction of sp³-hybridized carbons (Fsp3) is 0. The van der Waals surface area contributed by atoms with Gasteiger partial charge in [-0.25, -0.2) is 0 Å². The predicted molar refractivity (Wildman–Crippen MR) is 130 cm³/mol. The average molecular weight is 420 g/mol. The molecule has 4 nitrogen and oxygen atoms in total. The van der Waals surface area contributed by atoms with Gasteiger partial charge in [-0.1, -0.05) is 54.6 Å². The Labute approximate surface area is 183 Å². The van der Waals surface area contributed by atoms with E-state index in [9.17, 15) is 20.4 Å². The second kappa shape index (κ2) is 7.67. The highest BCUT2D eigenvalue weighted by molar-refractivity contribution is 6.02. The van der Waals surface area contributed by atoms with Gasteiger partial charge in [0.15, 0.2) is 23.0 Å². The Morgan fingerprint density at radius 2 is 0.781 bits per heavy atom. The van der Waals surface area contributed by atoms with Crippen molar-refractivity contribution >= 4 is 43.1 Å². The first-order valence-electron chi connectivity index (χ1n) is 10.2. The molecule has 0 unspecified atom stereocenters. The number of phenols is 4. The van der Waals surface area contributed by atoms with Crippen LogP contribution in [0.2, 0.25) is 0 Å². The molecule has 4 heteroatoms. The van der Waals surface area contributed by atoms with Crippen molar-refractivity contribution < 1.29 is 20.4 Å². The van der Waals surface area contributed by atoms with Gasteiger partial charge in [0.1, 0.15) is 0 Å². The Morgan fingerprint density at radius 1 is 0.344 bits per heavy atom. The summed E-state index contributed by atoms with van der Waals surface area (Å²) in [6.45, 7) is 0. The minimum absolute atomic E-state index is 0.0525. The Hall–Kier alpha value is -4.44. The van der Waals surface area contributed by atoms with Crippen molar-refractivity contribution in [1.82, 2.24) is 0 Å². The SMILES string of the molecule is Oc1cc2cc3ccccc3cc2cc1O.Oc1ccc2cc3ccccc3cc2c1O. The second-order valence-corrected chi connectivity index (χ2v) is 7.74. The van der Waals surface area contributed by atoms with Crippen LogP contribution in [0.1, 0.15) is 0 Å². The molecule has 0 aliphatic rings.